The number of carbonyl (C=O) groups is 3. The fourth-order valence-electron chi connectivity index (χ4n) is 2.15. The molecule has 0 aromatic heterocycles. The van der Waals surface area contributed by atoms with Crippen LogP contribution in [0, 0.1) is 0 Å². The number of carbonyl (C=O) groups excluding carboxylic acids is 3. The number of nitrogens with two attached hydrogens (primary N) is 1. The van der Waals surface area contributed by atoms with Gasteiger partial charge in [-0.05, 0) is 47.9 Å². The van der Waals surface area contributed by atoms with Gasteiger partial charge in [-0.1, -0.05) is 25.1 Å². The number of hydrogen-bond donors (Lipinski definition) is 3. The molecule has 3 amide bonds. The van der Waals surface area contributed by atoms with Crippen LogP contribution in [-0.4, -0.2) is 30.5 Å². The lowest BCUT2D eigenvalue weighted by molar-refractivity contribution is -0.136. The van der Waals surface area contributed by atoms with Gasteiger partial charge in [0.05, 0.1) is 6.21 Å². The molecule has 2 aromatic rings. The fraction of sp³-hybridized carbons (Fsp3) is 0.158. The number of anilines is 1. The third-order valence-corrected chi connectivity index (χ3v) is 3.49. The quantitative estimate of drug-likeness (QED) is 0.386. The normalized spacial score (nSPS) is 10.4. The average Bonchev–Trinajstić information content (AvgIpc) is 2.67. The van der Waals surface area contributed by atoms with E-state index in [9.17, 15) is 14.4 Å². The zero-order chi connectivity index (χ0) is 19.6. The van der Waals surface area contributed by atoms with Crippen LogP contribution in [0.1, 0.15) is 18.1 Å². The maximum absolute atomic E-state index is 11.9. The topological polar surface area (TPSA) is 123 Å². The minimum atomic E-state index is -0.876. The predicted molar refractivity (Wildman–Crippen MR) is 101 cm³/mol. The van der Waals surface area contributed by atoms with Crippen LogP contribution >= 0.6 is 0 Å². The van der Waals surface area contributed by atoms with Gasteiger partial charge in [-0.15, -0.1) is 0 Å². The van der Waals surface area contributed by atoms with Crippen molar-refractivity contribution in [1.82, 2.24) is 5.43 Å². The van der Waals surface area contributed by atoms with Gasteiger partial charge in [-0.3, -0.25) is 14.4 Å². The van der Waals surface area contributed by atoms with Gasteiger partial charge in [0.2, 0.25) is 0 Å². The Morgan fingerprint density at radius 3 is 2.44 bits per heavy atom. The van der Waals surface area contributed by atoms with Crippen molar-refractivity contribution in [2.75, 3.05) is 11.9 Å². The fourth-order valence-corrected chi connectivity index (χ4v) is 2.15. The van der Waals surface area contributed by atoms with E-state index < -0.39 is 17.7 Å². The first-order chi connectivity index (χ1) is 13.0. The lowest BCUT2D eigenvalue weighted by Crippen LogP contribution is -2.32. The highest BCUT2D eigenvalue weighted by atomic mass is 16.5. The smallest absolute Gasteiger partial charge is 0.329 e. The molecule has 0 atom stereocenters. The molecule has 0 aliphatic heterocycles. The third-order valence-electron chi connectivity index (χ3n) is 3.49. The Morgan fingerprint density at radius 1 is 1.07 bits per heavy atom. The van der Waals surface area contributed by atoms with Gasteiger partial charge in [0, 0.05) is 5.69 Å². The van der Waals surface area contributed by atoms with Crippen molar-refractivity contribution in [1.29, 1.82) is 0 Å². The summed E-state index contributed by atoms with van der Waals surface area (Å²) in [4.78, 5) is 34.4. The summed E-state index contributed by atoms with van der Waals surface area (Å²) in [6.07, 6.45) is 2.11. The van der Waals surface area contributed by atoms with E-state index in [4.69, 9.17) is 10.5 Å². The number of nitrogens with one attached hydrogen (secondary N) is 2. The molecule has 8 nitrogen and oxygen atoms in total. The summed E-state index contributed by atoms with van der Waals surface area (Å²) in [6.45, 7) is 1.75. The zero-order valence-corrected chi connectivity index (χ0v) is 14.8. The summed E-state index contributed by atoms with van der Waals surface area (Å²) in [5.74, 6) is -1.77. The van der Waals surface area contributed by atoms with Crippen molar-refractivity contribution in [3.05, 3.63) is 59.7 Å². The summed E-state index contributed by atoms with van der Waals surface area (Å²) < 4.78 is 5.13. The minimum Gasteiger partial charge on any atom is -0.484 e. The van der Waals surface area contributed by atoms with Crippen molar-refractivity contribution >= 4 is 29.6 Å². The van der Waals surface area contributed by atoms with Crippen LogP contribution < -0.4 is 21.2 Å². The first kappa shape index (κ1) is 19.6. The molecule has 2 rings (SSSR count). The maximum atomic E-state index is 11.9. The summed E-state index contributed by atoms with van der Waals surface area (Å²) in [6, 6.07) is 13.8. The Labute approximate surface area is 156 Å². The minimum absolute atomic E-state index is 0.209. The monoisotopic (exact) mass is 368 g/mol. The van der Waals surface area contributed by atoms with Crippen LogP contribution in [0.4, 0.5) is 5.69 Å². The molecular formula is C19H20N4O4. The summed E-state index contributed by atoms with van der Waals surface area (Å²) >= 11 is 0. The number of benzene rings is 2. The molecule has 0 radical (unpaired) electrons. The van der Waals surface area contributed by atoms with E-state index in [1.165, 1.54) is 6.21 Å². The zero-order valence-electron chi connectivity index (χ0n) is 14.8. The molecule has 8 heteroatoms. The van der Waals surface area contributed by atoms with Crippen LogP contribution in [-0.2, 0) is 20.8 Å². The third kappa shape index (κ3) is 6.28. The largest absolute Gasteiger partial charge is 0.484 e. The standard InChI is InChI=1S/C19H20N4O4/c1-2-14-5-3-4-6-16(14)22-18(25)19(26)23-21-11-13-7-9-15(10-8-13)27-12-17(20)24/h3-11H,2,12H2,1H3,(H2,20,24)(H,22,25)(H,23,26)/b21-11+. The lowest BCUT2D eigenvalue weighted by atomic mass is 10.1. The highest BCUT2D eigenvalue weighted by Crippen LogP contribution is 2.15. The Hall–Kier alpha value is -3.68. The van der Waals surface area contributed by atoms with E-state index in [1.807, 2.05) is 19.1 Å². The molecule has 2 aromatic carbocycles. The Bertz CT molecular complexity index is 847. The predicted octanol–water partition coefficient (Wildman–Crippen LogP) is 1.20. The van der Waals surface area contributed by atoms with E-state index in [1.54, 1.807) is 36.4 Å². The number of ether oxygens (including phenoxy) is 1. The van der Waals surface area contributed by atoms with Gasteiger partial charge in [-0.2, -0.15) is 5.10 Å². The number of amides is 3. The molecule has 0 aliphatic carbocycles. The van der Waals surface area contributed by atoms with Crippen LogP contribution in [0.5, 0.6) is 5.75 Å². The number of nitrogens with zero attached hydrogens (tertiary/aromatic N) is 1. The Morgan fingerprint density at radius 2 is 1.78 bits per heavy atom. The van der Waals surface area contributed by atoms with E-state index in [-0.39, 0.29) is 6.61 Å². The number of rotatable bonds is 7. The summed E-state index contributed by atoms with van der Waals surface area (Å²) in [5, 5.41) is 6.31. The number of aryl methyl sites for hydroxylation is 1. The summed E-state index contributed by atoms with van der Waals surface area (Å²) in [7, 11) is 0. The number of hydrogen-bond acceptors (Lipinski definition) is 5. The van der Waals surface area contributed by atoms with Crippen LogP contribution in [0.3, 0.4) is 0 Å². The van der Waals surface area contributed by atoms with Crippen molar-refractivity contribution in [3.8, 4) is 5.75 Å². The number of primary amides is 1. The Kier molecular flexibility index (Phi) is 7.07. The maximum Gasteiger partial charge on any atom is 0.329 e. The van der Waals surface area contributed by atoms with Gasteiger partial charge in [0.1, 0.15) is 5.75 Å². The molecule has 0 heterocycles. The van der Waals surface area contributed by atoms with Crippen LogP contribution in [0.2, 0.25) is 0 Å². The first-order valence-corrected chi connectivity index (χ1v) is 8.23. The van der Waals surface area contributed by atoms with Gasteiger partial charge in [0.25, 0.3) is 5.91 Å². The second kappa shape index (κ2) is 9.71. The van der Waals surface area contributed by atoms with Crippen LogP contribution in [0.15, 0.2) is 53.6 Å². The average molecular weight is 368 g/mol. The molecule has 0 fully saturated rings. The lowest BCUT2D eigenvalue weighted by Gasteiger charge is -2.08. The van der Waals surface area contributed by atoms with Crippen molar-refractivity contribution in [3.63, 3.8) is 0 Å². The molecule has 0 saturated heterocycles. The number of hydrazone groups is 1. The van der Waals surface area contributed by atoms with Crippen molar-refractivity contribution in [2.45, 2.75) is 13.3 Å². The van der Waals surface area contributed by atoms with Gasteiger partial charge in [0.15, 0.2) is 6.61 Å². The Balaban J connectivity index is 1.87. The van der Waals surface area contributed by atoms with Gasteiger partial charge < -0.3 is 15.8 Å². The molecule has 0 saturated carbocycles. The molecule has 0 unspecified atom stereocenters. The molecule has 0 bridgehead atoms. The van der Waals surface area contributed by atoms with Gasteiger partial charge in [-0.25, -0.2) is 5.43 Å². The molecule has 0 aliphatic rings. The van der Waals surface area contributed by atoms with Gasteiger partial charge >= 0.3 is 11.8 Å². The van der Waals surface area contributed by atoms with E-state index >= 15 is 0 Å². The van der Waals surface area contributed by atoms with E-state index in [2.05, 4.69) is 15.8 Å². The first-order valence-electron chi connectivity index (χ1n) is 8.23. The van der Waals surface area contributed by atoms with Crippen LogP contribution in [0.25, 0.3) is 0 Å². The number of para-hydroxylation sites is 1. The highest BCUT2D eigenvalue weighted by Gasteiger charge is 2.14. The molecular weight excluding hydrogens is 348 g/mol. The molecule has 0 spiro atoms. The molecule has 140 valence electrons. The van der Waals surface area contributed by atoms with Crippen molar-refractivity contribution < 1.29 is 19.1 Å². The molecule has 4 N–H and O–H groups in total. The highest BCUT2D eigenvalue weighted by molar-refractivity contribution is 6.39. The SMILES string of the molecule is CCc1ccccc1NC(=O)C(=O)N/N=C/c1ccc(OCC(N)=O)cc1. The molecule has 27 heavy (non-hydrogen) atoms. The second-order valence-electron chi connectivity index (χ2n) is 5.49. The van der Waals surface area contributed by atoms with E-state index in [0.29, 0.717) is 17.0 Å². The summed E-state index contributed by atoms with van der Waals surface area (Å²) in [5.41, 5.74) is 9.35. The van der Waals surface area contributed by atoms with E-state index in [0.717, 1.165) is 12.0 Å². The van der Waals surface area contributed by atoms with Crippen molar-refractivity contribution in [2.24, 2.45) is 10.8 Å². The second-order valence-corrected chi connectivity index (χ2v) is 5.49.